The van der Waals surface area contributed by atoms with Crippen LogP contribution in [0.4, 0.5) is 5.69 Å². The molecule has 1 aliphatic rings. The van der Waals surface area contributed by atoms with E-state index in [2.05, 4.69) is 4.98 Å². The van der Waals surface area contributed by atoms with Crippen molar-refractivity contribution in [2.45, 2.75) is 11.3 Å². The van der Waals surface area contributed by atoms with E-state index < -0.39 is 10.0 Å². The minimum Gasteiger partial charge on any atom is -0.356 e. The van der Waals surface area contributed by atoms with Crippen molar-refractivity contribution in [1.82, 2.24) is 4.98 Å². The van der Waals surface area contributed by atoms with Crippen LogP contribution in [0, 0.1) is 0 Å². The van der Waals surface area contributed by atoms with Crippen molar-refractivity contribution in [1.29, 1.82) is 0 Å². The Labute approximate surface area is 126 Å². The molecule has 0 spiro atoms. The Bertz CT molecular complexity index is 829. The summed E-state index contributed by atoms with van der Waals surface area (Å²) in [5.41, 5.74) is 1.87. The van der Waals surface area contributed by atoms with E-state index in [9.17, 15) is 13.2 Å². The van der Waals surface area contributed by atoms with Gasteiger partial charge in [-0.15, -0.1) is 0 Å². The van der Waals surface area contributed by atoms with Crippen LogP contribution < -0.4 is 10.0 Å². The molecule has 1 aromatic carbocycles. The SMILES string of the molecule is NS(=O)(=O)c1ccc2c(c1)CCN2C(=O)c1cc(Cl)c[nH]1. The van der Waals surface area contributed by atoms with Crippen LogP contribution in [-0.2, 0) is 16.4 Å². The van der Waals surface area contributed by atoms with Crippen LogP contribution >= 0.6 is 11.6 Å². The topological polar surface area (TPSA) is 96.3 Å². The summed E-state index contributed by atoms with van der Waals surface area (Å²) in [6.45, 7) is 0.485. The molecule has 0 atom stereocenters. The van der Waals surface area contributed by atoms with Crippen molar-refractivity contribution in [2.75, 3.05) is 11.4 Å². The van der Waals surface area contributed by atoms with E-state index in [4.69, 9.17) is 16.7 Å². The van der Waals surface area contributed by atoms with Crippen molar-refractivity contribution in [3.63, 3.8) is 0 Å². The van der Waals surface area contributed by atoms with Gasteiger partial charge in [0.1, 0.15) is 5.69 Å². The Morgan fingerprint density at radius 3 is 2.71 bits per heavy atom. The monoisotopic (exact) mass is 325 g/mol. The lowest BCUT2D eigenvalue weighted by molar-refractivity contribution is 0.0985. The number of rotatable bonds is 2. The van der Waals surface area contributed by atoms with Gasteiger partial charge in [0.15, 0.2) is 0 Å². The largest absolute Gasteiger partial charge is 0.356 e. The van der Waals surface area contributed by atoms with Crippen molar-refractivity contribution < 1.29 is 13.2 Å². The van der Waals surface area contributed by atoms with Gasteiger partial charge in [0.2, 0.25) is 10.0 Å². The van der Waals surface area contributed by atoms with Gasteiger partial charge < -0.3 is 9.88 Å². The number of hydrogen-bond donors (Lipinski definition) is 2. The molecule has 0 bridgehead atoms. The number of carbonyl (C=O) groups is 1. The van der Waals surface area contributed by atoms with Gasteiger partial charge in [0, 0.05) is 18.4 Å². The highest BCUT2D eigenvalue weighted by Gasteiger charge is 2.27. The molecular weight excluding hydrogens is 314 g/mol. The number of amides is 1. The maximum Gasteiger partial charge on any atom is 0.274 e. The third-order valence-corrected chi connectivity index (χ3v) is 4.53. The molecule has 3 N–H and O–H groups in total. The number of anilines is 1. The molecule has 0 fully saturated rings. The van der Waals surface area contributed by atoms with Crippen molar-refractivity contribution in [3.8, 4) is 0 Å². The average Bonchev–Trinajstić information content (AvgIpc) is 3.02. The van der Waals surface area contributed by atoms with Crippen molar-refractivity contribution in [3.05, 3.63) is 46.7 Å². The number of sulfonamides is 1. The van der Waals surface area contributed by atoms with Crippen molar-refractivity contribution >= 4 is 33.2 Å². The molecule has 1 aliphatic heterocycles. The second-order valence-corrected chi connectivity index (χ2v) is 6.77. The number of hydrogen-bond acceptors (Lipinski definition) is 3. The first-order valence-corrected chi connectivity index (χ1v) is 8.10. The van der Waals surface area contributed by atoms with Crippen LogP contribution in [0.1, 0.15) is 16.1 Å². The predicted octanol–water partition coefficient (Wildman–Crippen LogP) is 1.52. The van der Waals surface area contributed by atoms with E-state index in [0.29, 0.717) is 29.4 Å². The number of benzene rings is 1. The first kappa shape index (κ1) is 14.1. The Hall–Kier alpha value is -1.83. The fraction of sp³-hybridized carbons (Fsp3) is 0.154. The molecule has 0 unspecified atom stereocenters. The van der Waals surface area contributed by atoms with Crippen LogP contribution in [0.15, 0.2) is 35.4 Å². The van der Waals surface area contributed by atoms with Gasteiger partial charge in [0.25, 0.3) is 5.91 Å². The number of aromatic nitrogens is 1. The van der Waals surface area contributed by atoms with Gasteiger partial charge >= 0.3 is 0 Å². The van der Waals surface area contributed by atoms with E-state index in [1.54, 1.807) is 17.0 Å². The molecule has 0 aliphatic carbocycles. The quantitative estimate of drug-likeness (QED) is 0.876. The Balaban J connectivity index is 1.96. The second kappa shape index (κ2) is 4.87. The number of halogens is 1. The minimum absolute atomic E-state index is 0.0541. The molecule has 2 heterocycles. The highest BCUT2D eigenvalue weighted by Crippen LogP contribution is 2.31. The fourth-order valence-electron chi connectivity index (χ4n) is 2.40. The summed E-state index contributed by atoms with van der Waals surface area (Å²) in [6.07, 6.45) is 2.12. The lowest BCUT2D eigenvalue weighted by Gasteiger charge is -2.16. The summed E-state index contributed by atoms with van der Waals surface area (Å²) in [5, 5.41) is 5.57. The molecule has 2 aromatic rings. The molecule has 1 aromatic heterocycles. The molecule has 3 rings (SSSR count). The molecular formula is C13H12ClN3O3S. The van der Waals surface area contributed by atoms with E-state index in [-0.39, 0.29) is 10.8 Å². The average molecular weight is 326 g/mol. The number of nitrogens with two attached hydrogens (primary N) is 1. The molecule has 8 heteroatoms. The second-order valence-electron chi connectivity index (χ2n) is 4.77. The van der Waals surface area contributed by atoms with Gasteiger partial charge in [-0.3, -0.25) is 4.79 Å². The first-order chi connectivity index (χ1) is 9.86. The van der Waals surface area contributed by atoms with E-state index in [1.807, 2.05) is 0 Å². The number of primary sulfonamides is 1. The first-order valence-electron chi connectivity index (χ1n) is 6.18. The highest BCUT2D eigenvalue weighted by molar-refractivity contribution is 7.89. The zero-order chi connectivity index (χ0) is 15.2. The molecule has 21 heavy (non-hydrogen) atoms. The number of carbonyl (C=O) groups excluding carboxylic acids is 1. The maximum atomic E-state index is 12.4. The van der Waals surface area contributed by atoms with Gasteiger partial charge in [-0.05, 0) is 36.2 Å². The normalized spacial score (nSPS) is 14.3. The Kier molecular flexibility index (Phi) is 3.27. The van der Waals surface area contributed by atoms with Crippen LogP contribution in [-0.4, -0.2) is 25.9 Å². The molecule has 110 valence electrons. The van der Waals surface area contributed by atoms with Gasteiger partial charge in [0.05, 0.1) is 9.92 Å². The fourth-order valence-corrected chi connectivity index (χ4v) is 3.13. The Morgan fingerprint density at radius 2 is 2.10 bits per heavy atom. The standard InChI is InChI=1S/C13H12ClN3O3S/c14-9-6-11(16-7-9)13(18)17-4-3-8-5-10(21(15,19)20)1-2-12(8)17/h1-2,5-7,16H,3-4H2,(H2,15,19,20). The van der Waals surface area contributed by atoms with Crippen LogP contribution in [0.2, 0.25) is 5.02 Å². The van der Waals surface area contributed by atoms with Gasteiger partial charge in [-0.2, -0.15) is 0 Å². The lowest BCUT2D eigenvalue weighted by Crippen LogP contribution is -2.29. The molecule has 1 amide bonds. The van der Waals surface area contributed by atoms with Gasteiger partial charge in [-0.25, -0.2) is 13.6 Å². The highest BCUT2D eigenvalue weighted by atomic mass is 35.5. The van der Waals surface area contributed by atoms with Gasteiger partial charge in [-0.1, -0.05) is 11.6 Å². The van der Waals surface area contributed by atoms with Crippen LogP contribution in [0.5, 0.6) is 0 Å². The summed E-state index contributed by atoms with van der Waals surface area (Å²) >= 11 is 5.80. The summed E-state index contributed by atoms with van der Waals surface area (Å²) in [7, 11) is -3.74. The zero-order valence-corrected chi connectivity index (χ0v) is 12.4. The molecule has 0 radical (unpaired) electrons. The van der Waals surface area contributed by atoms with Crippen molar-refractivity contribution in [2.24, 2.45) is 5.14 Å². The lowest BCUT2D eigenvalue weighted by atomic mass is 10.2. The third kappa shape index (κ3) is 2.55. The Morgan fingerprint density at radius 1 is 1.33 bits per heavy atom. The van der Waals surface area contributed by atoms with E-state index in [0.717, 1.165) is 5.56 Å². The number of nitrogens with zero attached hydrogens (tertiary/aromatic N) is 1. The van der Waals surface area contributed by atoms with Crippen LogP contribution in [0.3, 0.4) is 0 Å². The summed E-state index contributed by atoms with van der Waals surface area (Å²) in [6, 6.07) is 6.08. The summed E-state index contributed by atoms with van der Waals surface area (Å²) < 4.78 is 22.7. The zero-order valence-electron chi connectivity index (χ0n) is 10.8. The predicted molar refractivity (Wildman–Crippen MR) is 79.0 cm³/mol. The molecule has 6 nitrogen and oxygen atoms in total. The van der Waals surface area contributed by atoms with Crippen LogP contribution in [0.25, 0.3) is 0 Å². The number of aromatic amines is 1. The molecule has 0 saturated heterocycles. The van der Waals surface area contributed by atoms with E-state index >= 15 is 0 Å². The smallest absolute Gasteiger partial charge is 0.274 e. The minimum atomic E-state index is -3.74. The maximum absolute atomic E-state index is 12.4. The molecule has 0 saturated carbocycles. The summed E-state index contributed by atoms with van der Waals surface area (Å²) in [5.74, 6) is -0.205. The third-order valence-electron chi connectivity index (χ3n) is 3.40. The number of H-pyrrole nitrogens is 1. The summed E-state index contributed by atoms with van der Waals surface area (Å²) in [4.78, 5) is 16.8. The van der Waals surface area contributed by atoms with E-state index in [1.165, 1.54) is 18.3 Å². The number of fused-ring (bicyclic) bond motifs is 1. The number of nitrogens with one attached hydrogen (secondary N) is 1.